The minimum atomic E-state index is 0.0125. The van der Waals surface area contributed by atoms with Crippen molar-refractivity contribution in [2.45, 2.75) is 17.0 Å². The second-order valence-corrected chi connectivity index (χ2v) is 5.96. The highest BCUT2D eigenvalue weighted by molar-refractivity contribution is 8.00. The Morgan fingerprint density at radius 3 is 3.18 bits per heavy atom. The highest BCUT2D eigenvalue weighted by atomic mass is 35.5. The summed E-state index contributed by atoms with van der Waals surface area (Å²) in [6.07, 6.45) is 0. The Bertz CT molecular complexity index is 656. The van der Waals surface area contributed by atoms with Crippen LogP contribution in [0.25, 0.3) is 10.9 Å². The van der Waals surface area contributed by atoms with Crippen LogP contribution in [-0.2, 0) is 6.54 Å². The number of hydrogen-bond donors (Lipinski definition) is 1. The summed E-state index contributed by atoms with van der Waals surface area (Å²) < 4.78 is 1.72. The van der Waals surface area contributed by atoms with Crippen molar-refractivity contribution in [2.24, 2.45) is 0 Å². The van der Waals surface area contributed by atoms with E-state index in [0.29, 0.717) is 27.7 Å². The van der Waals surface area contributed by atoms with Crippen LogP contribution in [0.15, 0.2) is 28.2 Å². The van der Waals surface area contributed by atoms with E-state index in [1.165, 1.54) is 0 Å². The molecule has 88 valence electrons. The highest BCUT2D eigenvalue weighted by Crippen LogP contribution is 2.30. The molecule has 1 aromatic heterocycles. The Balaban J connectivity index is 2.27. The fourth-order valence-electron chi connectivity index (χ4n) is 1.91. The van der Waals surface area contributed by atoms with Crippen molar-refractivity contribution in [2.75, 3.05) is 5.75 Å². The number of thiol groups is 1. The maximum absolute atomic E-state index is 12.2. The van der Waals surface area contributed by atoms with Crippen molar-refractivity contribution in [3.8, 4) is 0 Å². The zero-order valence-electron chi connectivity index (χ0n) is 8.76. The molecule has 1 atom stereocenters. The smallest absolute Gasteiger partial charge is 0.262 e. The van der Waals surface area contributed by atoms with E-state index in [4.69, 9.17) is 11.6 Å². The lowest BCUT2D eigenvalue weighted by Crippen LogP contribution is -2.22. The number of halogens is 1. The number of fused-ring (bicyclic) bond motifs is 2. The van der Waals surface area contributed by atoms with E-state index in [0.717, 1.165) is 10.9 Å². The Labute approximate surface area is 113 Å². The molecule has 1 aliphatic heterocycles. The first-order valence-corrected chi connectivity index (χ1v) is 7.05. The first-order valence-electron chi connectivity index (χ1n) is 5.16. The van der Waals surface area contributed by atoms with Crippen LogP contribution in [-0.4, -0.2) is 20.6 Å². The Morgan fingerprint density at radius 2 is 2.41 bits per heavy atom. The van der Waals surface area contributed by atoms with E-state index < -0.39 is 0 Å². The fourth-order valence-corrected chi connectivity index (χ4v) is 3.45. The van der Waals surface area contributed by atoms with Crippen molar-refractivity contribution >= 4 is 46.9 Å². The molecule has 2 aromatic rings. The van der Waals surface area contributed by atoms with Crippen LogP contribution in [0.3, 0.4) is 0 Å². The third kappa shape index (κ3) is 1.86. The van der Waals surface area contributed by atoms with Crippen molar-refractivity contribution in [1.82, 2.24) is 9.55 Å². The minimum Gasteiger partial charge on any atom is -0.286 e. The molecule has 0 radical (unpaired) electrons. The van der Waals surface area contributed by atoms with E-state index in [2.05, 4.69) is 17.6 Å². The van der Waals surface area contributed by atoms with Crippen molar-refractivity contribution in [3.63, 3.8) is 0 Å². The summed E-state index contributed by atoms with van der Waals surface area (Å²) in [4.78, 5) is 16.7. The van der Waals surface area contributed by atoms with E-state index in [9.17, 15) is 4.79 Å². The topological polar surface area (TPSA) is 34.9 Å². The van der Waals surface area contributed by atoms with Gasteiger partial charge in [0.25, 0.3) is 5.56 Å². The molecule has 3 nitrogen and oxygen atoms in total. The quantitative estimate of drug-likeness (QED) is 0.645. The van der Waals surface area contributed by atoms with Gasteiger partial charge in [-0.3, -0.25) is 9.36 Å². The van der Waals surface area contributed by atoms with Gasteiger partial charge in [-0.15, -0.1) is 0 Å². The molecular formula is C11H9ClN2OS2. The molecule has 0 saturated heterocycles. The molecule has 3 rings (SSSR count). The van der Waals surface area contributed by atoms with E-state index in [1.807, 2.05) is 0 Å². The van der Waals surface area contributed by atoms with Gasteiger partial charge in [-0.2, -0.15) is 12.6 Å². The van der Waals surface area contributed by atoms with Crippen LogP contribution in [0.1, 0.15) is 0 Å². The molecule has 0 amide bonds. The number of nitrogens with zero attached hydrogens (tertiary/aromatic N) is 2. The Morgan fingerprint density at radius 1 is 1.59 bits per heavy atom. The van der Waals surface area contributed by atoms with Gasteiger partial charge in [-0.25, -0.2) is 4.98 Å². The maximum atomic E-state index is 12.2. The molecule has 0 fully saturated rings. The second kappa shape index (κ2) is 4.23. The van der Waals surface area contributed by atoms with Gasteiger partial charge in [-0.1, -0.05) is 23.4 Å². The van der Waals surface area contributed by atoms with Crippen molar-refractivity contribution in [3.05, 3.63) is 33.6 Å². The maximum Gasteiger partial charge on any atom is 0.262 e. The van der Waals surface area contributed by atoms with E-state index in [-0.39, 0.29) is 5.56 Å². The van der Waals surface area contributed by atoms with Gasteiger partial charge in [0, 0.05) is 22.6 Å². The lowest BCUT2D eigenvalue weighted by Gasteiger charge is -2.03. The van der Waals surface area contributed by atoms with Crippen LogP contribution in [0.5, 0.6) is 0 Å². The molecule has 6 heteroatoms. The third-order valence-corrected chi connectivity index (χ3v) is 4.84. The number of benzene rings is 1. The summed E-state index contributed by atoms with van der Waals surface area (Å²) in [6.45, 7) is 0.688. The lowest BCUT2D eigenvalue weighted by molar-refractivity contribution is 0.631. The van der Waals surface area contributed by atoms with Gasteiger partial charge in [-0.05, 0) is 18.2 Å². The first kappa shape index (κ1) is 11.4. The summed E-state index contributed by atoms with van der Waals surface area (Å²) in [5.74, 6) is 0.741. The number of hydrogen-bond acceptors (Lipinski definition) is 4. The van der Waals surface area contributed by atoms with Gasteiger partial charge in [0.05, 0.1) is 10.9 Å². The standard InChI is InChI=1S/C11H9ClN2OS2/c12-6-1-2-8-9(3-6)13-11-14(10(8)15)4-7(5-16)17-11/h1-3,7,16H,4-5H2. The molecule has 0 saturated carbocycles. The van der Waals surface area contributed by atoms with Crippen LogP contribution < -0.4 is 5.56 Å². The molecule has 0 bridgehead atoms. The molecule has 0 N–H and O–H groups in total. The number of rotatable bonds is 1. The summed E-state index contributed by atoms with van der Waals surface area (Å²) in [7, 11) is 0. The third-order valence-electron chi connectivity index (χ3n) is 2.74. The zero-order chi connectivity index (χ0) is 12.0. The predicted molar refractivity (Wildman–Crippen MR) is 74.5 cm³/mol. The van der Waals surface area contributed by atoms with Crippen molar-refractivity contribution < 1.29 is 0 Å². The molecule has 0 spiro atoms. The minimum absolute atomic E-state index is 0.0125. The van der Waals surface area contributed by atoms with Gasteiger partial charge in [0.15, 0.2) is 5.16 Å². The van der Waals surface area contributed by atoms with Crippen molar-refractivity contribution in [1.29, 1.82) is 0 Å². The zero-order valence-corrected chi connectivity index (χ0v) is 11.2. The van der Waals surface area contributed by atoms with E-state index >= 15 is 0 Å². The normalized spacial score (nSPS) is 18.6. The molecule has 0 aliphatic carbocycles. The average molecular weight is 285 g/mol. The van der Waals surface area contributed by atoms with Crippen LogP contribution in [0.4, 0.5) is 0 Å². The molecule has 2 heterocycles. The number of aromatic nitrogens is 2. The first-order chi connectivity index (χ1) is 8.19. The Hall–Kier alpha value is -0.650. The monoisotopic (exact) mass is 284 g/mol. The van der Waals surface area contributed by atoms with Crippen LogP contribution in [0, 0.1) is 0 Å². The lowest BCUT2D eigenvalue weighted by atomic mass is 10.2. The molecule has 1 unspecified atom stereocenters. The summed E-state index contributed by atoms with van der Waals surface area (Å²) in [5.41, 5.74) is 0.680. The SMILES string of the molecule is O=c1c2ccc(Cl)cc2nc2n1CC(CS)S2. The number of thioether (sulfide) groups is 1. The summed E-state index contributed by atoms with van der Waals surface area (Å²) in [6, 6.07) is 5.19. The predicted octanol–water partition coefficient (Wildman–Crippen LogP) is 2.45. The molecule has 1 aliphatic rings. The Kier molecular flexibility index (Phi) is 2.84. The van der Waals surface area contributed by atoms with Crippen LogP contribution in [0.2, 0.25) is 5.02 Å². The summed E-state index contributed by atoms with van der Waals surface area (Å²) in [5, 5.41) is 2.32. The largest absolute Gasteiger partial charge is 0.286 e. The second-order valence-electron chi connectivity index (χ2n) is 3.89. The van der Waals surface area contributed by atoms with E-state index in [1.54, 1.807) is 34.5 Å². The molecular weight excluding hydrogens is 276 g/mol. The average Bonchev–Trinajstić information content (AvgIpc) is 2.72. The molecule has 1 aromatic carbocycles. The summed E-state index contributed by atoms with van der Waals surface area (Å²) >= 11 is 11.8. The van der Waals surface area contributed by atoms with Gasteiger partial charge in [0.2, 0.25) is 0 Å². The van der Waals surface area contributed by atoms with Gasteiger partial charge < -0.3 is 0 Å². The highest BCUT2D eigenvalue weighted by Gasteiger charge is 2.24. The van der Waals surface area contributed by atoms with Crippen LogP contribution >= 0.6 is 36.0 Å². The van der Waals surface area contributed by atoms with Gasteiger partial charge >= 0.3 is 0 Å². The molecule has 17 heavy (non-hydrogen) atoms. The fraction of sp³-hybridized carbons (Fsp3) is 0.273. The van der Waals surface area contributed by atoms with Gasteiger partial charge in [0.1, 0.15) is 0 Å².